The van der Waals surface area contributed by atoms with Crippen LogP contribution in [0.1, 0.15) is 49.8 Å². The monoisotopic (exact) mass is 229 g/mol. The second kappa shape index (κ2) is 4.45. The first kappa shape index (κ1) is 11.3. The summed E-state index contributed by atoms with van der Waals surface area (Å²) in [6.07, 6.45) is 5.85. The van der Waals surface area contributed by atoms with Gasteiger partial charge in [-0.1, -0.05) is 36.2 Å². The zero-order chi connectivity index (χ0) is 11.8. The van der Waals surface area contributed by atoms with Crippen molar-refractivity contribution in [1.82, 2.24) is 5.32 Å². The van der Waals surface area contributed by atoms with E-state index in [2.05, 4.69) is 43.4 Å². The van der Waals surface area contributed by atoms with Crippen LogP contribution in [-0.2, 0) is 0 Å². The summed E-state index contributed by atoms with van der Waals surface area (Å²) in [4.78, 5) is 0. The van der Waals surface area contributed by atoms with Crippen molar-refractivity contribution in [3.8, 4) is 0 Å². The minimum atomic E-state index is 0.499. The van der Waals surface area contributed by atoms with E-state index in [-0.39, 0.29) is 0 Å². The van der Waals surface area contributed by atoms with Crippen LogP contribution in [0.2, 0.25) is 0 Å². The van der Waals surface area contributed by atoms with Gasteiger partial charge in [-0.25, -0.2) is 0 Å². The SMILES string of the molecule is Cc1cccc([C@H](C)NC2CC3CCC2C3)c1. The third-order valence-electron chi connectivity index (χ3n) is 4.74. The number of benzene rings is 1. The average molecular weight is 229 g/mol. The van der Waals surface area contributed by atoms with E-state index in [1.807, 2.05) is 0 Å². The fraction of sp³-hybridized carbons (Fsp3) is 0.625. The van der Waals surface area contributed by atoms with Gasteiger partial charge in [0.05, 0.1) is 0 Å². The van der Waals surface area contributed by atoms with E-state index in [4.69, 9.17) is 0 Å². The first-order valence-corrected chi connectivity index (χ1v) is 7.05. The molecule has 1 heteroatoms. The maximum absolute atomic E-state index is 3.85. The van der Waals surface area contributed by atoms with Crippen LogP contribution in [0.3, 0.4) is 0 Å². The second-order valence-corrected chi connectivity index (χ2v) is 6.08. The molecule has 0 spiro atoms. The fourth-order valence-corrected chi connectivity index (χ4v) is 3.81. The summed E-state index contributed by atoms with van der Waals surface area (Å²) in [6, 6.07) is 10.2. The van der Waals surface area contributed by atoms with Gasteiger partial charge in [0, 0.05) is 12.1 Å². The fourth-order valence-electron chi connectivity index (χ4n) is 3.81. The Hall–Kier alpha value is -0.820. The number of hydrogen-bond acceptors (Lipinski definition) is 1. The average Bonchev–Trinajstić information content (AvgIpc) is 2.91. The molecule has 0 radical (unpaired) electrons. The van der Waals surface area contributed by atoms with Crippen molar-refractivity contribution in [2.45, 2.75) is 51.6 Å². The molecule has 2 bridgehead atoms. The van der Waals surface area contributed by atoms with Crippen molar-refractivity contribution in [3.63, 3.8) is 0 Å². The zero-order valence-corrected chi connectivity index (χ0v) is 10.9. The molecular formula is C16H23N. The normalized spacial score (nSPS) is 32.9. The number of fused-ring (bicyclic) bond motifs is 2. The smallest absolute Gasteiger partial charge is 0.0294 e. The Kier molecular flexibility index (Phi) is 2.96. The quantitative estimate of drug-likeness (QED) is 0.830. The van der Waals surface area contributed by atoms with Gasteiger partial charge in [0.15, 0.2) is 0 Å². The lowest BCUT2D eigenvalue weighted by Gasteiger charge is -2.27. The standard InChI is InChI=1S/C16H23N/c1-11-4-3-5-14(8-11)12(2)17-16-10-13-6-7-15(16)9-13/h3-5,8,12-13,15-17H,6-7,9-10H2,1-2H3/t12-,13?,15?,16?/m0/s1. The summed E-state index contributed by atoms with van der Waals surface area (Å²) >= 11 is 0. The summed E-state index contributed by atoms with van der Waals surface area (Å²) in [5.74, 6) is 1.99. The number of rotatable bonds is 3. The van der Waals surface area contributed by atoms with Crippen LogP contribution >= 0.6 is 0 Å². The molecule has 2 fully saturated rings. The predicted molar refractivity (Wildman–Crippen MR) is 72.0 cm³/mol. The van der Waals surface area contributed by atoms with Gasteiger partial charge in [0.1, 0.15) is 0 Å². The summed E-state index contributed by atoms with van der Waals surface area (Å²) in [6.45, 7) is 4.48. The zero-order valence-electron chi connectivity index (χ0n) is 10.9. The largest absolute Gasteiger partial charge is 0.307 e. The topological polar surface area (TPSA) is 12.0 Å². The molecule has 17 heavy (non-hydrogen) atoms. The molecule has 0 amide bonds. The van der Waals surface area contributed by atoms with Gasteiger partial charge < -0.3 is 5.32 Å². The van der Waals surface area contributed by atoms with E-state index < -0.39 is 0 Å². The summed E-state index contributed by atoms with van der Waals surface area (Å²) in [5, 5.41) is 3.85. The first-order valence-electron chi connectivity index (χ1n) is 7.05. The van der Waals surface area contributed by atoms with Crippen molar-refractivity contribution in [2.24, 2.45) is 11.8 Å². The first-order chi connectivity index (χ1) is 8.22. The van der Waals surface area contributed by atoms with Gasteiger partial charge in [-0.05, 0) is 50.5 Å². The van der Waals surface area contributed by atoms with E-state index in [0.717, 1.165) is 17.9 Å². The van der Waals surface area contributed by atoms with Gasteiger partial charge in [-0.2, -0.15) is 0 Å². The highest BCUT2D eigenvalue weighted by Crippen LogP contribution is 2.45. The molecular weight excluding hydrogens is 206 g/mol. The van der Waals surface area contributed by atoms with Crippen LogP contribution < -0.4 is 5.32 Å². The van der Waals surface area contributed by atoms with Crippen LogP contribution in [-0.4, -0.2) is 6.04 Å². The molecule has 2 aliphatic carbocycles. The lowest BCUT2D eigenvalue weighted by Crippen LogP contribution is -2.35. The molecule has 1 aromatic carbocycles. The van der Waals surface area contributed by atoms with Gasteiger partial charge >= 0.3 is 0 Å². The second-order valence-electron chi connectivity index (χ2n) is 6.08. The highest BCUT2D eigenvalue weighted by molar-refractivity contribution is 5.24. The van der Waals surface area contributed by atoms with Gasteiger partial charge in [-0.3, -0.25) is 0 Å². The number of hydrogen-bond donors (Lipinski definition) is 1. The van der Waals surface area contributed by atoms with Crippen LogP contribution in [0.4, 0.5) is 0 Å². The van der Waals surface area contributed by atoms with Crippen LogP contribution in [0, 0.1) is 18.8 Å². The molecule has 1 N–H and O–H groups in total. The van der Waals surface area contributed by atoms with Crippen LogP contribution in [0.15, 0.2) is 24.3 Å². The van der Waals surface area contributed by atoms with E-state index in [1.54, 1.807) is 0 Å². The minimum absolute atomic E-state index is 0.499. The van der Waals surface area contributed by atoms with Gasteiger partial charge in [0.25, 0.3) is 0 Å². The van der Waals surface area contributed by atoms with Gasteiger partial charge in [0.2, 0.25) is 0 Å². The van der Waals surface area contributed by atoms with Crippen molar-refractivity contribution < 1.29 is 0 Å². The van der Waals surface area contributed by atoms with E-state index in [9.17, 15) is 0 Å². The Bertz CT molecular complexity index is 398. The summed E-state index contributed by atoms with van der Waals surface area (Å²) in [5.41, 5.74) is 2.80. The third-order valence-corrected chi connectivity index (χ3v) is 4.74. The maximum Gasteiger partial charge on any atom is 0.0294 e. The highest BCUT2D eigenvalue weighted by atomic mass is 15.0. The molecule has 0 saturated heterocycles. The molecule has 0 aromatic heterocycles. The van der Waals surface area contributed by atoms with E-state index in [1.165, 1.54) is 36.8 Å². The van der Waals surface area contributed by atoms with Crippen molar-refractivity contribution in [3.05, 3.63) is 35.4 Å². The summed E-state index contributed by atoms with van der Waals surface area (Å²) in [7, 11) is 0. The molecule has 3 unspecified atom stereocenters. The van der Waals surface area contributed by atoms with E-state index >= 15 is 0 Å². The lowest BCUT2D eigenvalue weighted by molar-refractivity contribution is 0.327. The Morgan fingerprint density at radius 1 is 1.24 bits per heavy atom. The Morgan fingerprint density at radius 2 is 2.12 bits per heavy atom. The Balaban J connectivity index is 1.65. The summed E-state index contributed by atoms with van der Waals surface area (Å²) < 4.78 is 0. The molecule has 1 aromatic rings. The Morgan fingerprint density at radius 3 is 2.76 bits per heavy atom. The van der Waals surface area contributed by atoms with Crippen molar-refractivity contribution >= 4 is 0 Å². The minimum Gasteiger partial charge on any atom is -0.307 e. The van der Waals surface area contributed by atoms with Crippen molar-refractivity contribution in [2.75, 3.05) is 0 Å². The van der Waals surface area contributed by atoms with Crippen LogP contribution in [0.5, 0.6) is 0 Å². The van der Waals surface area contributed by atoms with Gasteiger partial charge in [-0.15, -0.1) is 0 Å². The van der Waals surface area contributed by atoms with Crippen molar-refractivity contribution in [1.29, 1.82) is 0 Å². The highest BCUT2D eigenvalue weighted by Gasteiger charge is 2.39. The molecule has 0 heterocycles. The predicted octanol–water partition coefficient (Wildman–Crippen LogP) is 3.83. The molecule has 92 valence electrons. The maximum atomic E-state index is 3.85. The van der Waals surface area contributed by atoms with E-state index in [0.29, 0.717) is 6.04 Å². The third kappa shape index (κ3) is 2.26. The molecule has 2 saturated carbocycles. The molecule has 3 rings (SSSR count). The number of aryl methyl sites for hydroxylation is 1. The molecule has 2 aliphatic rings. The molecule has 0 aliphatic heterocycles. The molecule has 1 nitrogen and oxygen atoms in total. The van der Waals surface area contributed by atoms with Crippen LogP contribution in [0.25, 0.3) is 0 Å². The number of nitrogens with one attached hydrogen (secondary N) is 1. The lowest BCUT2D eigenvalue weighted by atomic mass is 9.94. The Labute approximate surface area is 105 Å². The molecule has 4 atom stereocenters.